The van der Waals surface area contributed by atoms with Crippen LogP contribution in [0.3, 0.4) is 0 Å². The molecule has 1 N–H and O–H groups in total. The number of halogens is 2. The third kappa shape index (κ3) is 3.78. The summed E-state index contributed by atoms with van der Waals surface area (Å²) < 4.78 is 0. The van der Waals surface area contributed by atoms with Gasteiger partial charge in [-0.2, -0.15) is 0 Å². The van der Waals surface area contributed by atoms with Crippen LogP contribution in [0.5, 0.6) is 0 Å². The number of nitrogens with zero attached hydrogens (tertiary/aromatic N) is 1. The van der Waals surface area contributed by atoms with Crippen LogP contribution in [0.4, 0.5) is 5.69 Å². The van der Waals surface area contributed by atoms with Gasteiger partial charge in [0.2, 0.25) is 0 Å². The highest BCUT2D eigenvalue weighted by molar-refractivity contribution is 6.35. The van der Waals surface area contributed by atoms with E-state index >= 15 is 0 Å². The van der Waals surface area contributed by atoms with E-state index in [4.69, 9.17) is 23.2 Å². The molecule has 0 saturated carbocycles. The van der Waals surface area contributed by atoms with Crippen molar-refractivity contribution in [3.63, 3.8) is 0 Å². The van der Waals surface area contributed by atoms with Crippen LogP contribution < -0.4 is 10.2 Å². The number of hydrogen-bond donors (Lipinski definition) is 1. The van der Waals surface area contributed by atoms with Gasteiger partial charge < -0.3 is 10.2 Å². The summed E-state index contributed by atoms with van der Waals surface area (Å²) >= 11 is 12.1. The van der Waals surface area contributed by atoms with Crippen molar-refractivity contribution >= 4 is 28.9 Å². The molecule has 0 spiro atoms. The molecular formula is C14H20Cl2N2. The molecule has 1 saturated heterocycles. The Kier molecular flexibility index (Phi) is 5.16. The zero-order valence-corrected chi connectivity index (χ0v) is 12.3. The van der Waals surface area contributed by atoms with Gasteiger partial charge >= 0.3 is 0 Å². The van der Waals surface area contributed by atoms with Crippen molar-refractivity contribution in [1.82, 2.24) is 5.32 Å². The van der Waals surface area contributed by atoms with Crippen LogP contribution in [0, 0.1) is 0 Å². The second-order valence-corrected chi connectivity index (χ2v) is 5.74. The van der Waals surface area contributed by atoms with E-state index in [1.54, 1.807) is 6.07 Å². The number of nitrogens with one attached hydrogen (secondary N) is 1. The quantitative estimate of drug-likeness (QED) is 0.901. The average Bonchev–Trinajstić information content (AvgIpc) is 2.35. The van der Waals surface area contributed by atoms with E-state index in [-0.39, 0.29) is 0 Å². The zero-order chi connectivity index (χ0) is 13.0. The molecule has 100 valence electrons. The number of hydrogen-bond acceptors (Lipinski definition) is 2. The van der Waals surface area contributed by atoms with E-state index in [2.05, 4.69) is 17.1 Å². The fourth-order valence-corrected chi connectivity index (χ4v) is 2.96. The van der Waals surface area contributed by atoms with Crippen molar-refractivity contribution in [2.24, 2.45) is 0 Å². The SMILES string of the molecule is CCCNC1CCCN(c2cc(Cl)cc(Cl)c2)C1. The van der Waals surface area contributed by atoms with E-state index < -0.39 is 0 Å². The molecule has 4 heteroatoms. The number of rotatable bonds is 4. The van der Waals surface area contributed by atoms with Gasteiger partial charge in [0.15, 0.2) is 0 Å². The molecule has 1 aliphatic rings. The predicted molar refractivity (Wildman–Crippen MR) is 80.0 cm³/mol. The Labute approximate surface area is 119 Å². The lowest BCUT2D eigenvalue weighted by Crippen LogP contribution is -2.46. The van der Waals surface area contributed by atoms with Crippen LogP contribution >= 0.6 is 23.2 Å². The van der Waals surface area contributed by atoms with Gasteiger partial charge in [0.1, 0.15) is 0 Å². The van der Waals surface area contributed by atoms with E-state index in [0.717, 1.165) is 25.3 Å². The lowest BCUT2D eigenvalue weighted by molar-refractivity contribution is 0.423. The average molecular weight is 287 g/mol. The van der Waals surface area contributed by atoms with Crippen molar-refractivity contribution < 1.29 is 0 Å². The fraction of sp³-hybridized carbons (Fsp3) is 0.571. The van der Waals surface area contributed by atoms with E-state index in [0.29, 0.717) is 16.1 Å². The standard InChI is InChI=1S/C14H20Cl2N2/c1-2-5-17-13-4-3-6-18(10-13)14-8-11(15)7-12(16)9-14/h7-9,13,17H,2-6,10H2,1H3. The van der Waals surface area contributed by atoms with Gasteiger partial charge in [0.25, 0.3) is 0 Å². The first-order chi connectivity index (χ1) is 8.69. The van der Waals surface area contributed by atoms with Gasteiger partial charge in [-0.25, -0.2) is 0 Å². The minimum Gasteiger partial charge on any atom is -0.370 e. The summed E-state index contributed by atoms with van der Waals surface area (Å²) in [4.78, 5) is 2.37. The third-order valence-corrected chi connectivity index (χ3v) is 3.75. The van der Waals surface area contributed by atoms with E-state index in [1.165, 1.54) is 19.3 Å². The molecule has 1 heterocycles. The van der Waals surface area contributed by atoms with Gasteiger partial charge in [-0.1, -0.05) is 30.1 Å². The molecule has 0 amide bonds. The molecule has 1 unspecified atom stereocenters. The lowest BCUT2D eigenvalue weighted by atomic mass is 10.0. The molecule has 2 rings (SSSR count). The van der Waals surface area contributed by atoms with Gasteiger partial charge in [0, 0.05) is 34.9 Å². The summed E-state index contributed by atoms with van der Waals surface area (Å²) in [6, 6.07) is 6.35. The highest BCUT2D eigenvalue weighted by Gasteiger charge is 2.19. The molecule has 0 aromatic heterocycles. The molecule has 2 nitrogen and oxygen atoms in total. The Morgan fingerprint density at radius 3 is 2.67 bits per heavy atom. The zero-order valence-electron chi connectivity index (χ0n) is 10.8. The predicted octanol–water partition coefficient (Wildman–Crippen LogP) is 3.96. The highest BCUT2D eigenvalue weighted by Crippen LogP contribution is 2.27. The summed E-state index contributed by atoms with van der Waals surface area (Å²) in [7, 11) is 0. The number of anilines is 1. The first-order valence-corrected chi connectivity index (χ1v) is 7.39. The Hall–Kier alpha value is -0.440. The second kappa shape index (κ2) is 6.65. The smallest absolute Gasteiger partial charge is 0.0441 e. The van der Waals surface area contributed by atoms with Crippen LogP contribution in [0.25, 0.3) is 0 Å². The van der Waals surface area contributed by atoms with Gasteiger partial charge in [-0.15, -0.1) is 0 Å². The number of benzene rings is 1. The van der Waals surface area contributed by atoms with E-state index in [1.807, 2.05) is 12.1 Å². The molecule has 1 aromatic carbocycles. The van der Waals surface area contributed by atoms with Crippen LogP contribution in [-0.2, 0) is 0 Å². The Balaban J connectivity index is 2.03. The van der Waals surface area contributed by atoms with Gasteiger partial charge in [-0.3, -0.25) is 0 Å². The molecule has 18 heavy (non-hydrogen) atoms. The minimum absolute atomic E-state index is 0.580. The third-order valence-electron chi connectivity index (χ3n) is 3.32. The van der Waals surface area contributed by atoms with Crippen molar-refractivity contribution in [3.8, 4) is 0 Å². The molecule has 1 aliphatic heterocycles. The Morgan fingerprint density at radius 1 is 1.28 bits per heavy atom. The largest absolute Gasteiger partial charge is 0.370 e. The topological polar surface area (TPSA) is 15.3 Å². The summed E-state index contributed by atoms with van der Waals surface area (Å²) in [6.07, 6.45) is 3.65. The number of piperidine rings is 1. The summed E-state index contributed by atoms with van der Waals surface area (Å²) in [5.74, 6) is 0. The molecule has 0 bridgehead atoms. The normalized spacial score (nSPS) is 20.2. The maximum absolute atomic E-state index is 6.06. The summed E-state index contributed by atoms with van der Waals surface area (Å²) in [5, 5.41) is 5.01. The minimum atomic E-state index is 0.580. The van der Waals surface area contributed by atoms with Crippen LogP contribution in [0.2, 0.25) is 10.0 Å². The van der Waals surface area contributed by atoms with E-state index in [9.17, 15) is 0 Å². The summed E-state index contributed by atoms with van der Waals surface area (Å²) in [6.45, 7) is 5.41. The molecule has 1 atom stereocenters. The van der Waals surface area contributed by atoms with Crippen LogP contribution in [0.1, 0.15) is 26.2 Å². The van der Waals surface area contributed by atoms with Crippen LogP contribution in [0.15, 0.2) is 18.2 Å². The van der Waals surface area contributed by atoms with Crippen molar-refractivity contribution in [2.45, 2.75) is 32.2 Å². The summed E-state index contributed by atoms with van der Waals surface area (Å²) in [5.41, 5.74) is 1.13. The van der Waals surface area contributed by atoms with Crippen molar-refractivity contribution in [3.05, 3.63) is 28.2 Å². The fourth-order valence-electron chi connectivity index (χ4n) is 2.45. The molecule has 1 aromatic rings. The molecular weight excluding hydrogens is 267 g/mol. The Morgan fingerprint density at radius 2 is 2.00 bits per heavy atom. The maximum atomic E-state index is 6.06. The van der Waals surface area contributed by atoms with Crippen molar-refractivity contribution in [1.29, 1.82) is 0 Å². The van der Waals surface area contributed by atoms with Gasteiger partial charge in [0.05, 0.1) is 0 Å². The highest BCUT2D eigenvalue weighted by atomic mass is 35.5. The molecule has 0 aliphatic carbocycles. The van der Waals surface area contributed by atoms with Gasteiger partial charge in [-0.05, 0) is 44.0 Å². The Bertz CT molecular complexity index is 375. The molecule has 1 fully saturated rings. The van der Waals surface area contributed by atoms with Crippen molar-refractivity contribution in [2.75, 3.05) is 24.5 Å². The first-order valence-electron chi connectivity index (χ1n) is 6.63. The first kappa shape index (κ1) is 14.0. The maximum Gasteiger partial charge on any atom is 0.0441 e. The molecule has 0 radical (unpaired) electrons. The second-order valence-electron chi connectivity index (χ2n) is 4.87. The lowest BCUT2D eigenvalue weighted by Gasteiger charge is -2.35. The monoisotopic (exact) mass is 286 g/mol. The van der Waals surface area contributed by atoms with Crippen LogP contribution in [-0.4, -0.2) is 25.7 Å².